The van der Waals surface area contributed by atoms with Crippen molar-refractivity contribution in [2.45, 2.75) is 40.0 Å². The first-order chi connectivity index (χ1) is 9.34. The van der Waals surface area contributed by atoms with Crippen LogP contribution in [0.5, 0.6) is 0 Å². The van der Waals surface area contributed by atoms with Gasteiger partial charge in [0.2, 0.25) is 11.8 Å². The average molecular weight is 320 g/mol. The topological polar surface area (TPSA) is 61.4 Å². The molecule has 0 radical (unpaired) electrons. The van der Waals surface area contributed by atoms with Crippen molar-refractivity contribution in [3.63, 3.8) is 0 Å². The van der Waals surface area contributed by atoms with E-state index in [1.165, 1.54) is 6.42 Å². The van der Waals surface area contributed by atoms with Crippen LogP contribution in [0, 0.1) is 11.3 Å². The Morgan fingerprint density at radius 2 is 1.95 bits per heavy atom. The highest BCUT2D eigenvalue weighted by Crippen LogP contribution is 2.16. The summed E-state index contributed by atoms with van der Waals surface area (Å²) in [4.78, 5) is 25.8. The SMILES string of the molecule is CNCC1CCCN(C(=O)CCNC(=O)C(C)(C)C)C1.Cl. The zero-order valence-corrected chi connectivity index (χ0v) is 14.5. The van der Waals surface area contributed by atoms with E-state index in [4.69, 9.17) is 0 Å². The second-order valence-electron chi connectivity index (χ2n) is 6.66. The minimum absolute atomic E-state index is 0. The maximum Gasteiger partial charge on any atom is 0.225 e. The van der Waals surface area contributed by atoms with Gasteiger partial charge < -0.3 is 15.5 Å². The Morgan fingerprint density at radius 3 is 2.52 bits per heavy atom. The van der Waals surface area contributed by atoms with Gasteiger partial charge in [-0.1, -0.05) is 20.8 Å². The first-order valence-electron chi connectivity index (χ1n) is 7.55. The lowest BCUT2D eigenvalue weighted by atomic mass is 9.95. The van der Waals surface area contributed by atoms with Crippen LogP contribution < -0.4 is 10.6 Å². The van der Waals surface area contributed by atoms with Gasteiger partial charge in [0.15, 0.2) is 0 Å². The number of nitrogens with one attached hydrogen (secondary N) is 2. The van der Waals surface area contributed by atoms with Crippen LogP contribution in [0.4, 0.5) is 0 Å². The van der Waals surface area contributed by atoms with Crippen LogP contribution in [0.25, 0.3) is 0 Å². The van der Waals surface area contributed by atoms with Gasteiger partial charge in [0.25, 0.3) is 0 Å². The number of hydrogen-bond acceptors (Lipinski definition) is 3. The van der Waals surface area contributed by atoms with Gasteiger partial charge in [-0.3, -0.25) is 9.59 Å². The quantitative estimate of drug-likeness (QED) is 0.805. The lowest BCUT2D eigenvalue weighted by Crippen LogP contribution is -2.44. The van der Waals surface area contributed by atoms with Crippen LogP contribution in [0.2, 0.25) is 0 Å². The van der Waals surface area contributed by atoms with Gasteiger partial charge in [-0.05, 0) is 32.4 Å². The van der Waals surface area contributed by atoms with E-state index >= 15 is 0 Å². The highest BCUT2D eigenvalue weighted by Gasteiger charge is 2.24. The molecule has 0 spiro atoms. The van der Waals surface area contributed by atoms with E-state index in [0.29, 0.717) is 18.9 Å². The van der Waals surface area contributed by atoms with E-state index in [-0.39, 0.29) is 24.2 Å². The van der Waals surface area contributed by atoms with Crippen molar-refractivity contribution in [3.8, 4) is 0 Å². The molecule has 1 heterocycles. The number of halogens is 1. The summed E-state index contributed by atoms with van der Waals surface area (Å²) in [6, 6.07) is 0. The number of hydrogen-bond donors (Lipinski definition) is 2. The molecule has 0 saturated carbocycles. The largest absolute Gasteiger partial charge is 0.355 e. The Hall–Kier alpha value is -0.810. The third-order valence-corrected chi connectivity index (χ3v) is 3.67. The minimum atomic E-state index is -0.397. The minimum Gasteiger partial charge on any atom is -0.355 e. The van der Waals surface area contributed by atoms with Crippen molar-refractivity contribution < 1.29 is 9.59 Å². The maximum absolute atomic E-state index is 12.1. The van der Waals surface area contributed by atoms with Gasteiger partial charge >= 0.3 is 0 Å². The summed E-state index contributed by atoms with van der Waals surface area (Å²) in [7, 11) is 1.95. The van der Waals surface area contributed by atoms with E-state index in [1.807, 2.05) is 32.7 Å². The molecular formula is C15H30ClN3O2. The van der Waals surface area contributed by atoms with E-state index in [0.717, 1.165) is 26.1 Å². The number of likely N-dealkylation sites (tertiary alicyclic amines) is 1. The number of amides is 2. The van der Waals surface area contributed by atoms with Crippen LogP contribution in [0.3, 0.4) is 0 Å². The summed E-state index contributed by atoms with van der Waals surface area (Å²) in [6.45, 7) is 8.71. The molecule has 1 aliphatic rings. The van der Waals surface area contributed by atoms with Crippen molar-refractivity contribution in [3.05, 3.63) is 0 Å². The molecule has 0 aromatic heterocycles. The van der Waals surface area contributed by atoms with E-state index in [1.54, 1.807) is 0 Å². The molecule has 0 aromatic rings. The Labute approximate surface area is 134 Å². The summed E-state index contributed by atoms with van der Waals surface area (Å²) < 4.78 is 0. The normalized spacial score (nSPS) is 18.9. The Balaban J connectivity index is 0.00000400. The molecular weight excluding hydrogens is 290 g/mol. The highest BCUT2D eigenvalue weighted by atomic mass is 35.5. The maximum atomic E-state index is 12.1. The van der Waals surface area contributed by atoms with Crippen molar-refractivity contribution in [1.82, 2.24) is 15.5 Å². The van der Waals surface area contributed by atoms with Gasteiger partial charge in [-0.25, -0.2) is 0 Å². The molecule has 2 amide bonds. The van der Waals surface area contributed by atoms with E-state index in [2.05, 4.69) is 10.6 Å². The molecule has 1 unspecified atom stereocenters. The van der Waals surface area contributed by atoms with Crippen LogP contribution in [-0.2, 0) is 9.59 Å². The second-order valence-corrected chi connectivity index (χ2v) is 6.66. The number of carbonyl (C=O) groups excluding carboxylic acids is 2. The Kier molecular flexibility index (Phi) is 8.90. The van der Waals surface area contributed by atoms with Crippen molar-refractivity contribution in [1.29, 1.82) is 0 Å². The molecule has 1 atom stereocenters. The fraction of sp³-hybridized carbons (Fsp3) is 0.867. The lowest BCUT2D eigenvalue weighted by Gasteiger charge is -2.33. The standard InChI is InChI=1S/C15H29N3O2.ClH/c1-15(2,3)14(20)17-8-7-13(19)18-9-5-6-12(11-18)10-16-4;/h12,16H,5-11H2,1-4H3,(H,17,20);1H. The van der Waals surface area contributed by atoms with Crippen LogP contribution in [0.15, 0.2) is 0 Å². The zero-order valence-electron chi connectivity index (χ0n) is 13.7. The smallest absolute Gasteiger partial charge is 0.225 e. The number of carbonyl (C=O) groups is 2. The average Bonchev–Trinajstić information content (AvgIpc) is 2.38. The Morgan fingerprint density at radius 1 is 1.29 bits per heavy atom. The summed E-state index contributed by atoms with van der Waals surface area (Å²) in [5.74, 6) is 0.707. The molecule has 0 bridgehead atoms. The van der Waals surface area contributed by atoms with Gasteiger partial charge in [0.1, 0.15) is 0 Å². The molecule has 1 rings (SSSR count). The summed E-state index contributed by atoms with van der Waals surface area (Å²) in [5, 5.41) is 6.01. The summed E-state index contributed by atoms with van der Waals surface area (Å²) in [6.07, 6.45) is 2.66. The molecule has 0 aliphatic carbocycles. The van der Waals surface area contributed by atoms with Crippen LogP contribution in [0.1, 0.15) is 40.0 Å². The second kappa shape index (κ2) is 9.26. The summed E-state index contributed by atoms with van der Waals surface area (Å²) in [5.41, 5.74) is -0.397. The predicted octanol–water partition coefficient (Wildman–Crippen LogP) is 1.42. The van der Waals surface area contributed by atoms with Crippen molar-refractivity contribution >= 4 is 24.2 Å². The zero-order chi connectivity index (χ0) is 15.2. The number of nitrogens with zero attached hydrogens (tertiary/aromatic N) is 1. The highest BCUT2D eigenvalue weighted by molar-refractivity contribution is 5.85. The third kappa shape index (κ3) is 7.14. The first-order valence-corrected chi connectivity index (χ1v) is 7.55. The van der Waals surface area contributed by atoms with Gasteiger partial charge in [0.05, 0.1) is 0 Å². The number of rotatable bonds is 5. The summed E-state index contributed by atoms with van der Waals surface area (Å²) >= 11 is 0. The molecule has 1 fully saturated rings. The molecule has 1 aliphatic heterocycles. The lowest BCUT2D eigenvalue weighted by molar-refractivity contribution is -0.133. The van der Waals surface area contributed by atoms with E-state index < -0.39 is 5.41 Å². The van der Waals surface area contributed by atoms with E-state index in [9.17, 15) is 9.59 Å². The third-order valence-electron chi connectivity index (χ3n) is 3.67. The fourth-order valence-corrected chi connectivity index (χ4v) is 2.45. The van der Waals surface area contributed by atoms with Crippen molar-refractivity contribution in [2.75, 3.05) is 33.2 Å². The molecule has 2 N–H and O–H groups in total. The molecule has 5 nitrogen and oxygen atoms in total. The monoisotopic (exact) mass is 319 g/mol. The first kappa shape index (κ1) is 20.2. The predicted molar refractivity (Wildman–Crippen MR) is 87.6 cm³/mol. The van der Waals surface area contributed by atoms with Gasteiger partial charge in [-0.2, -0.15) is 0 Å². The van der Waals surface area contributed by atoms with Crippen molar-refractivity contribution in [2.24, 2.45) is 11.3 Å². The van der Waals surface area contributed by atoms with Crippen LogP contribution in [-0.4, -0.2) is 49.9 Å². The number of piperidine rings is 1. The molecule has 21 heavy (non-hydrogen) atoms. The molecule has 6 heteroatoms. The molecule has 0 aromatic carbocycles. The fourth-order valence-electron chi connectivity index (χ4n) is 2.45. The van der Waals surface area contributed by atoms with Gasteiger partial charge in [0, 0.05) is 31.5 Å². The van der Waals surface area contributed by atoms with Gasteiger partial charge in [-0.15, -0.1) is 12.4 Å². The van der Waals surface area contributed by atoms with Crippen LogP contribution >= 0.6 is 12.4 Å². The molecule has 124 valence electrons. The Bertz CT molecular complexity index is 340. The molecule has 1 saturated heterocycles.